The molecule has 2 aromatic rings. The van der Waals surface area contributed by atoms with Gasteiger partial charge >= 0.3 is 29.8 Å². The summed E-state index contributed by atoms with van der Waals surface area (Å²) in [7, 11) is 0. The quantitative estimate of drug-likeness (QED) is 0.279. The molecule has 0 heterocycles. The van der Waals surface area contributed by atoms with E-state index in [-0.39, 0.29) is 32.2 Å². The number of rotatable bonds is 11. The van der Waals surface area contributed by atoms with Crippen LogP contribution in [0.5, 0.6) is 0 Å². The average molecular weight is 492 g/mol. The third-order valence-electron chi connectivity index (χ3n) is 3.71. The Morgan fingerprint density at radius 2 is 0.914 bits per heavy atom. The number of ether oxygens (including phenoxy) is 1. The van der Waals surface area contributed by atoms with Crippen LogP contribution < -0.4 is 0 Å². The molecule has 0 saturated heterocycles. The molecule has 2 aromatic carbocycles. The molecule has 0 aliphatic rings. The van der Waals surface area contributed by atoms with E-state index in [1.54, 1.807) is 48.5 Å². The highest BCUT2D eigenvalue weighted by Crippen LogP contribution is 2.07. The Morgan fingerprint density at radius 1 is 0.571 bits per heavy atom. The lowest BCUT2D eigenvalue weighted by Crippen LogP contribution is -2.04. The van der Waals surface area contributed by atoms with Crippen LogP contribution in [0.25, 0.3) is 0 Å². The molecular weight excluding hydrogens is 468 g/mol. The Hall–Kier alpha value is -4.74. The van der Waals surface area contributed by atoms with Crippen molar-refractivity contribution in [1.82, 2.24) is 0 Å². The van der Waals surface area contributed by atoms with Gasteiger partial charge in [0, 0.05) is 0 Å². The number of carboxylic acid groups (broad SMARTS) is 5. The van der Waals surface area contributed by atoms with Crippen LogP contribution in [0.3, 0.4) is 0 Å². The van der Waals surface area contributed by atoms with Crippen LogP contribution in [0.1, 0.15) is 22.3 Å². The van der Waals surface area contributed by atoms with E-state index in [9.17, 15) is 28.8 Å². The average Bonchev–Trinajstić information content (AvgIpc) is 2.73. The third kappa shape index (κ3) is 17.5. The van der Waals surface area contributed by atoms with Crippen LogP contribution in [0.2, 0.25) is 0 Å². The van der Waals surface area contributed by atoms with Crippen LogP contribution in [0, 0.1) is 0 Å². The minimum absolute atomic E-state index is 0.0344. The van der Waals surface area contributed by atoms with Crippen molar-refractivity contribution in [1.29, 1.82) is 0 Å². The van der Waals surface area contributed by atoms with E-state index in [1.807, 2.05) is 0 Å². The zero-order valence-corrected chi connectivity index (χ0v) is 18.3. The second kappa shape index (κ2) is 16.8. The van der Waals surface area contributed by atoms with Gasteiger partial charge < -0.3 is 30.3 Å². The summed E-state index contributed by atoms with van der Waals surface area (Å²) in [6.45, 7) is -0.461. The Balaban J connectivity index is 0.000000526. The molecule has 0 unspecified atom stereocenters. The monoisotopic (exact) mass is 492 g/mol. The smallest absolute Gasteiger partial charge is 0.341 e. The number of carbonyl (C=O) groups is 6. The summed E-state index contributed by atoms with van der Waals surface area (Å²) < 4.78 is 3.81. The summed E-state index contributed by atoms with van der Waals surface area (Å²) >= 11 is 0. The minimum atomic E-state index is -1.15. The molecule has 0 amide bonds. The number of hydrogen-bond donors (Lipinski definition) is 5. The summed E-state index contributed by atoms with van der Waals surface area (Å²) in [6.07, 6.45) is -0.221. The fraction of sp³-hybridized carbons (Fsp3) is 0.217. The molecule has 0 spiro atoms. The van der Waals surface area contributed by atoms with Crippen molar-refractivity contribution in [2.24, 2.45) is 0 Å². The minimum Gasteiger partial charge on any atom is -0.481 e. The van der Waals surface area contributed by atoms with E-state index in [1.165, 1.54) is 0 Å². The number of carbonyl (C=O) groups excluding carboxylic acids is 1. The van der Waals surface area contributed by atoms with Gasteiger partial charge in [-0.05, 0) is 22.3 Å². The van der Waals surface area contributed by atoms with Gasteiger partial charge in [-0.1, -0.05) is 48.5 Å². The van der Waals surface area contributed by atoms with Gasteiger partial charge in [0.15, 0.2) is 6.61 Å². The van der Waals surface area contributed by atoms with Gasteiger partial charge in [0.2, 0.25) is 0 Å². The first kappa shape index (κ1) is 30.3. The summed E-state index contributed by atoms with van der Waals surface area (Å²) in [4.78, 5) is 60.1. The first-order valence-electron chi connectivity index (χ1n) is 9.72. The molecular formula is C23H24O12. The van der Waals surface area contributed by atoms with E-state index in [0.717, 1.165) is 0 Å². The number of hydrogen-bond acceptors (Lipinski definition) is 7. The van der Waals surface area contributed by atoms with E-state index in [4.69, 9.17) is 25.5 Å². The number of carboxylic acids is 5. The Bertz CT molecular complexity index is 945. The normalized spacial score (nSPS) is 9.26. The highest BCUT2D eigenvalue weighted by atomic mass is 16.5. The molecule has 0 bridgehead atoms. The molecule has 12 nitrogen and oxygen atoms in total. The molecule has 12 heteroatoms. The second-order valence-electron chi connectivity index (χ2n) is 6.72. The first-order chi connectivity index (χ1) is 16.4. The summed E-state index contributed by atoms with van der Waals surface area (Å²) in [6, 6.07) is 13.1. The molecule has 0 aromatic heterocycles. The largest absolute Gasteiger partial charge is 0.481 e. The van der Waals surface area contributed by atoms with Gasteiger partial charge in [-0.25, -0.2) is 4.79 Å². The van der Waals surface area contributed by atoms with Crippen LogP contribution in [0.4, 0.5) is 0 Å². The molecule has 2 rings (SSSR count). The lowest BCUT2D eigenvalue weighted by Gasteiger charge is -2.00. The lowest BCUT2D eigenvalue weighted by molar-refractivity contribution is -0.147. The predicted octanol–water partition coefficient (Wildman–Crippen LogP) is 1.13. The Kier molecular flexibility index (Phi) is 14.6. The van der Waals surface area contributed by atoms with E-state index in [2.05, 4.69) is 4.74 Å². The fourth-order valence-electron chi connectivity index (χ4n) is 2.43. The Labute approximate surface area is 199 Å². The van der Waals surface area contributed by atoms with Gasteiger partial charge in [0.05, 0.1) is 25.7 Å². The Morgan fingerprint density at radius 3 is 1.17 bits per heavy atom. The zero-order valence-electron chi connectivity index (χ0n) is 18.3. The summed E-state index contributed by atoms with van der Waals surface area (Å²) in [5, 5.41) is 41.8. The maximum atomic E-state index is 10.4. The van der Waals surface area contributed by atoms with Gasteiger partial charge in [-0.2, -0.15) is 0 Å². The van der Waals surface area contributed by atoms with Crippen LogP contribution in [0.15, 0.2) is 48.5 Å². The maximum Gasteiger partial charge on any atom is 0.341 e. The predicted molar refractivity (Wildman–Crippen MR) is 118 cm³/mol. The SMILES string of the molecule is O=C(O)Cc1ccc(CC(=O)O)cc1.O=C(O)Cc1cccc(CC(=O)O)c1.O=COCC(=O)O. The zero-order chi connectivity index (χ0) is 26.8. The highest BCUT2D eigenvalue weighted by molar-refractivity contribution is 5.72. The van der Waals surface area contributed by atoms with Crippen molar-refractivity contribution >= 4 is 36.3 Å². The highest BCUT2D eigenvalue weighted by Gasteiger charge is 2.04. The summed E-state index contributed by atoms with van der Waals surface area (Å²) in [5.41, 5.74) is 2.59. The standard InChI is InChI=1S/2C10H10O4.C3H4O4/c11-9(12)5-7-1-2-8(4-3-7)6-10(13)14;11-9(12)5-7-2-1-3-8(4-7)6-10(13)14;4-2-7-1-3(5)6/h2*1-4H,5-6H2,(H,11,12)(H,13,14);2H,1H2,(H,5,6). The molecule has 5 N–H and O–H groups in total. The van der Waals surface area contributed by atoms with Crippen molar-refractivity contribution in [2.45, 2.75) is 25.7 Å². The number of benzene rings is 2. The number of aliphatic carboxylic acids is 5. The first-order valence-corrected chi connectivity index (χ1v) is 9.72. The van der Waals surface area contributed by atoms with E-state index < -0.39 is 36.5 Å². The van der Waals surface area contributed by atoms with Crippen LogP contribution in [-0.4, -0.2) is 68.5 Å². The van der Waals surface area contributed by atoms with Gasteiger partial charge in [-0.3, -0.25) is 24.0 Å². The molecule has 0 aliphatic heterocycles. The van der Waals surface area contributed by atoms with Gasteiger partial charge in [0.25, 0.3) is 6.47 Å². The van der Waals surface area contributed by atoms with E-state index in [0.29, 0.717) is 22.3 Å². The van der Waals surface area contributed by atoms with Crippen molar-refractivity contribution in [3.63, 3.8) is 0 Å². The molecule has 0 aliphatic carbocycles. The molecule has 0 radical (unpaired) electrons. The topological polar surface area (TPSA) is 213 Å². The van der Waals surface area contributed by atoms with Crippen molar-refractivity contribution in [3.8, 4) is 0 Å². The third-order valence-corrected chi connectivity index (χ3v) is 3.71. The van der Waals surface area contributed by atoms with Crippen LogP contribution >= 0.6 is 0 Å². The summed E-state index contributed by atoms with van der Waals surface area (Å²) in [5.74, 6) is -4.77. The van der Waals surface area contributed by atoms with Crippen molar-refractivity contribution in [2.75, 3.05) is 6.61 Å². The lowest BCUT2D eigenvalue weighted by atomic mass is 10.1. The second-order valence-corrected chi connectivity index (χ2v) is 6.72. The van der Waals surface area contributed by atoms with Gasteiger partial charge in [0.1, 0.15) is 0 Å². The fourth-order valence-corrected chi connectivity index (χ4v) is 2.43. The molecule has 35 heavy (non-hydrogen) atoms. The van der Waals surface area contributed by atoms with Gasteiger partial charge in [-0.15, -0.1) is 0 Å². The maximum absolute atomic E-state index is 10.4. The molecule has 0 saturated carbocycles. The molecule has 188 valence electrons. The van der Waals surface area contributed by atoms with Crippen molar-refractivity contribution < 1.29 is 59.0 Å². The molecule has 0 atom stereocenters. The molecule has 0 fully saturated rings. The van der Waals surface area contributed by atoms with E-state index >= 15 is 0 Å². The van der Waals surface area contributed by atoms with Crippen LogP contribution in [-0.2, 0) is 59.2 Å². The van der Waals surface area contributed by atoms with Crippen molar-refractivity contribution in [3.05, 3.63) is 70.8 Å².